The molecule has 0 rings (SSSR count). The molecule has 0 aromatic rings. The van der Waals surface area contributed by atoms with Gasteiger partial charge in [0.1, 0.15) is 5.60 Å². The second-order valence-electron chi connectivity index (χ2n) is 16.0. The molecule has 13 N–H and O–H groups in total. The SMILES string of the molecule is CC(C)(C)OC(=O)NCCOCCOCCNC(=O)CNCCN(CCN(CCNCC(=O)NCCOCCOCCN)CC(=O)NCCOCCOCCN)CC(=O)NCCOCCOCCN. The second-order valence-corrected chi connectivity index (χ2v) is 16.0. The summed E-state index contributed by atoms with van der Waals surface area (Å²) < 4.78 is 48.5. The number of hydrogen-bond acceptors (Lipinski definition) is 21. The third kappa shape index (κ3) is 49.3. The largest absolute Gasteiger partial charge is 0.444 e. The van der Waals surface area contributed by atoms with Crippen LogP contribution in [0.3, 0.4) is 0 Å². The molecular weight excluding hydrogens is 909 g/mol. The Morgan fingerprint density at radius 1 is 0.377 bits per heavy atom. The van der Waals surface area contributed by atoms with Crippen molar-refractivity contribution in [1.82, 2.24) is 47.0 Å². The van der Waals surface area contributed by atoms with Crippen molar-refractivity contribution in [3.8, 4) is 0 Å². The Balaban J connectivity index is 5.10. The molecule has 0 atom stereocenters. The van der Waals surface area contributed by atoms with Gasteiger partial charge < -0.3 is 97.1 Å². The molecule has 0 aromatic heterocycles. The Labute approximate surface area is 409 Å². The zero-order chi connectivity index (χ0) is 50.9. The van der Waals surface area contributed by atoms with Crippen LogP contribution in [0, 0.1) is 0 Å². The topological polar surface area (TPSA) is 337 Å². The molecule has 0 aliphatic rings. The van der Waals surface area contributed by atoms with Gasteiger partial charge in [0.05, 0.1) is 132 Å². The highest BCUT2D eigenvalue weighted by molar-refractivity contribution is 5.79. The molecule has 26 heteroatoms. The standard InChI is InChI=1S/C43H90N12O14/c1-43(2,3)69-42(60)53-13-25-68-33-32-65-22-10-50-39(57)35-48-8-15-55(37-41(59)52-12-24-67-31-28-63-20-6-46)17-16-54(36-40(58)51-11-23-66-30-27-62-19-5-45)14-7-47-34-38(56)49-9-21-64-29-26-61-18-4-44/h47-48H,4-37,44-46H2,1-3H3,(H,49,56)(H,50,57)(H,51,58)(H,52,59)(H,53,60). The Kier molecular flexibility index (Phi) is 45.8. The molecule has 0 bridgehead atoms. The molecule has 0 saturated carbocycles. The molecule has 0 heterocycles. The summed E-state index contributed by atoms with van der Waals surface area (Å²) in [5.41, 5.74) is 15.7. The van der Waals surface area contributed by atoms with Gasteiger partial charge in [0.25, 0.3) is 0 Å². The number of nitrogens with two attached hydrogens (primary N) is 3. The Morgan fingerprint density at radius 2 is 0.667 bits per heavy atom. The first-order valence-corrected chi connectivity index (χ1v) is 24.0. The zero-order valence-electron chi connectivity index (χ0n) is 41.9. The smallest absolute Gasteiger partial charge is 0.407 e. The van der Waals surface area contributed by atoms with Crippen LogP contribution < -0.4 is 54.4 Å². The highest BCUT2D eigenvalue weighted by atomic mass is 16.6. The summed E-state index contributed by atoms with van der Waals surface area (Å²) in [6.07, 6.45) is -0.506. The lowest BCUT2D eigenvalue weighted by molar-refractivity contribution is -0.124. The summed E-state index contributed by atoms with van der Waals surface area (Å²) in [7, 11) is 0. The van der Waals surface area contributed by atoms with Crippen molar-refractivity contribution in [1.29, 1.82) is 0 Å². The molecule has 0 aliphatic heterocycles. The van der Waals surface area contributed by atoms with Crippen molar-refractivity contribution in [3.05, 3.63) is 0 Å². The Bertz CT molecular complexity index is 1260. The van der Waals surface area contributed by atoms with E-state index in [0.29, 0.717) is 197 Å². The predicted octanol–water partition coefficient (Wildman–Crippen LogP) is -5.23. The van der Waals surface area contributed by atoms with E-state index in [-0.39, 0.29) is 49.8 Å². The third-order valence-corrected chi connectivity index (χ3v) is 8.71. The summed E-state index contributed by atoms with van der Waals surface area (Å²) >= 11 is 0. The van der Waals surface area contributed by atoms with E-state index in [1.807, 2.05) is 9.80 Å². The summed E-state index contributed by atoms with van der Waals surface area (Å²) in [5.74, 6) is -0.841. The Hall–Kier alpha value is -3.45. The maximum absolute atomic E-state index is 13.1. The van der Waals surface area contributed by atoms with Gasteiger partial charge in [0.2, 0.25) is 23.6 Å². The Morgan fingerprint density at radius 3 is 0.971 bits per heavy atom. The van der Waals surface area contributed by atoms with Crippen LogP contribution in [0.1, 0.15) is 20.8 Å². The minimum absolute atomic E-state index is 0.0489. The van der Waals surface area contributed by atoms with Gasteiger partial charge in [-0.25, -0.2) is 4.79 Å². The molecule has 0 unspecified atom stereocenters. The van der Waals surface area contributed by atoms with E-state index < -0.39 is 11.7 Å². The normalized spacial score (nSPS) is 11.5. The molecular formula is C43H90N12O14. The molecule has 0 aromatic carbocycles. The van der Waals surface area contributed by atoms with Crippen molar-refractivity contribution in [2.75, 3.05) is 224 Å². The maximum atomic E-state index is 13.1. The van der Waals surface area contributed by atoms with Crippen molar-refractivity contribution < 1.29 is 66.6 Å². The fourth-order valence-electron chi connectivity index (χ4n) is 5.47. The number of amides is 5. The van der Waals surface area contributed by atoms with Crippen LogP contribution >= 0.6 is 0 Å². The quantitative estimate of drug-likeness (QED) is 0.0255. The van der Waals surface area contributed by atoms with E-state index in [9.17, 15) is 24.0 Å². The first-order chi connectivity index (χ1) is 33.4. The van der Waals surface area contributed by atoms with E-state index in [4.69, 9.17) is 59.8 Å². The number of nitrogens with one attached hydrogen (secondary N) is 7. The van der Waals surface area contributed by atoms with Crippen LogP contribution in [0.15, 0.2) is 0 Å². The van der Waals surface area contributed by atoms with Crippen LogP contribution in [-0.2, 0) is 61.8 Å². The van der Waals surface area contributed by atoms with Gasteiger partial charge in [0, 0.05) is 91.6 Å². The van der Waals surface area contributed by atoms with Crippen LogP contribution in [0.2, 0.25) is 0 Å². The zero-order valence-corrected chi connectivity index (χ0v) is 41.9. The minimum Gasteiger partial charge on any atom is -0.444 e. The number of rotatable bonds is 50. The van der Waals surface area contributed by atoms with Crippen molar-refractivity contribution >= 4 is 29.7 Å². The fourth-order valence-corrected chi connectivity index (χ4v) is 5.47. The van der Waals surface area contributed by atoms with Crippen molar-refractivity contribution in [2.45, 2.75) is 26.4 Å². The summed E-state index contributed by atoms with van der Waals surface area (Å²) in [6.45, 7) is 16.9. The number of carbonyl (C=O) groups excluding carboxylic acids is 5. The molecule has 0 fully saturated rings. The number of carbonyl (C=O) groups is 5. The molecule has 0 saturated heterocycles. The molecule has 0 aliphatic carbocycles. The van der Waals surface area contributed by atoms with Crippen molar-refractivity contribution in [2.24, 2.45) is 17.2 Å². The van der Waals surface area contributed by atoms with E-state index in [0.717, 1.165) is 0 Å². The summed E-state index contributed by atoms with van der Waals surface area (Å²) in [4.78, 5) is 66.6. The van der Waals surface area contributed by atoms with Crippen LogP contribution in [0.5, 0.6) is 0 Å². The van der Waals surface area contributed by atoms with Crippen LogP contribution in [-0.4, -0.2) is 269 Å². The van der Waals surface area contributed by atoms with E-state index in [2.05, 4.69) is 37.2 Å². The molecule has 26 nitrogen and oxygen atoms in total. The number of ether oxygens (including phenoxy) is 9. The van der Waals surface area contributed by atoms with Gasteiger partial charge in [-0.05, 0) is 20.8 Å². The summed E-state index contributed by atoms with van der Waals surface area (Å²) in [5, 5.41) is 20.2. The van der Waals surface area contributed by atoms with Gasteiger partial charge in [-0.3, -0.25) is 29.0 Å². The molecule has 0 radical (unpaired) electrons. The number of hydrogen-bond donors (Lipinski definition) is 10. The minimum atomic E-state index is -0.572. The highest BCUT2D eigenvalue weighted by Gasteiger charge is 2.17. The van der Waals surface area contributed by atoms with Crippen molar-refractivity contribution in [3.63, 3.8) is 0 Å². The maximum Gasteiger partial charge on any atom is 0.407 e. The van der Waals surface area contributed by atoms with Crippen LogP contribution in [0.25, 0.3) is 0 Å². The lowest BCUT2D eigenvalue weighted by atomic mass is 10.2. The van der Waals surface area contributed by atoms with E-state index in [1.54, 1.807) is 20.8 Å². The lowest BCUT2D eigenvalue weighted by Gasteiger charge is -2.27. The van der Waals surface area contributed by atoms with Gasteiger partial charge >= 0.3 is 6.09 Å². The van der Waals surface area contributed by atoms with Gasteiger partial charge in [-0.15, -0.1) is 0 Å². The molecule has 406 valence electrons. The third-order valence-electron chi connectivity index (χ3n) is 8.71. The fraction of sp³-hybridized carbons (Fsp3) is 0.884. The lowest BCUT2D eigenvalue weighted by Crippen LogP contribution is -2.48. The average Bonchev–Trinajstić information content (AvgIpc) is 3.30. The number of nitrogens with zero attached hydrogens (tertiary/aromatic N) is 2. The molecule has 5 amide bonds. The first-order valence-electron chi connectivity index (χ1n) is 24.0. The predicted molar refractivity (Wildman–Crippen MR) is 259 cm³/mol. The van der Waals surface area contributed by atoms with Gasteiger partial charge in [-0.2, -0.15) is 0 Å². The van der Waals surface area contributed by atoms with Gasteiger partial charge in [0.15, 0.2) is 0 Å². The second kappa shape index (κ2) is 48.2. The molecule has 69 heavy (non-hydrogen) atoms. The summed E-state index contributed by atoms with van der Waals surface area (Å²) in [6, 6.07) is 0. The molecule has 0 spiro atoms. The van der Waals surface area contributed by atoms with Gasteiger partial charge in [-0.1, -0.05) is 0 Å². The first kappa shape index (κ1) is 65.5. The van der Waals surface area contributed by atoms with E-state index in [1.165, 1.54) is 0 Å². The van der Waals surface area contributed by atoms with Crippen LogP contribution in [0.4, 0.5) is 4.79 Å². The highest BCUT2D eigenvalue weighted by Crippen LogP contribution is 2.06. The average molecular weight is 999 g/mol. The number of alkyl carbamates (subject to hydrolysis) is 1. The van der Waals surface area contributed by atoms with E-state index >= 15 is 0 Å². The monoisotopic (exact) mass is 999 g/mol.